The second kappa shape index (κ2) is 8.05. The molecule has 1 fully saturated rings. The lowest BCUT2D eigenvalue weighted by Gasteiger charge is -2.36. The number of hydrogen-bond acceptors (Lipinski definition) is 5. The highest BCUT2D eigenvalue weighted by Gasteiger charge is 2.23. The molecule has 2 aliphatic heterocycles. The maximum atomic E-state index is 12.7. The molecule has 4 rings (SSSR count). The number of pyridine rings is 1. The summed E-state index contributed by atoms with van der Waals surface area (Å²) < 4.78 is 11.4. The van der Waals surface area contributed by atoms with Gasteiger partial charge in [0.05, 0.1) is 24.7 Å². The molecule has 0 aliphatic carbocycles. The van der Waals surface area contributed by atoms with Crippen LogP contribution in [0.5, 0.6) is 11.5 Å². The monoisotopic (exact) mass is 387 g/mol. The predicted octanol–water partition coefficient (Wildman–Crippen LogP) is 2.79. The molecule has 2 aromatic rings. The van der Waals surface area contributed by atoms with Crippen LogP contribution in [0.4, 0.5) is 5.69 Å². The maximum absolute atomic E-state index is 12.7. The van der Waals surface area contributed by atoms with Crippen molar-refractivity contribution in [2.75, 3.05) is 44.3 Å². The number of aromatic nitrogens is 1. The van der Waals surface area contributed by atoms with Crippen molar-refractivity contribution >= 4 is 23.2 Å². The van der Waals surface area contributed by atoms with Crippen molar-refractivity contribution in [3.05, 3.63) is 47.2 Å². The number of hydrogen-bond donors (Lipinski definition) is 0. The van der Waals surface area contributed by atoms with Gasteiger partial charge in [-0.3, -0.25) is 9.78 Å². The Morgan fingerprint density at radius 3 is 2.59 bits per heavy atom. The van der Waals surface area contributed by atoms with Crippen LogP contribution >= 0.6 is 11.6 Å². The molecule has 3 heterocycles. The van der Waals surface area contributed by atoms with E-state index in [2.05, 4.69) is 9.88 Å². The molecule has 2 aliphatic rings. The Morgan fingerprint density at radius 1 is 1.07 bits per heavy atom. The van der Waals surface area contributed by atoms with E-state index in [-0.39, 0.29) is 5.91 Å². The Balaban J connectivity index is 1.39. The molecular weight excluding hydrogens is 366 g/mol. The van der Waals surface area contributed by atoms with Crippen LogP contribution < -0.4 is 14.4 Å². The first-order valence-corrected chi connectivity index (χ1v) is 9.59. The van der Waals surface area contributed by atoms with Crippen molar-refractivity contribution in [3.8, 4) is 11.5 Å². The fraction of sp³-hybridized carbons (Fsp3) is 0.400. The van der Waals surface area contributed by atoms with Gasteiger partial charge in [0, 0.05) is 50.7 Å². The number of piperazine rings is 1. The number of rotatable bonds is 3. The fourth-order valence-corrected chi connectivity index (χ4v) is 3.73. The lowest BCUT2D eigenvalue weighted by atomic mass is 10.1. The van der Waals surface area contributed by atoms with Gasteiger partial charge in [-0.1, -0.05) is 11.6 Å². The molecule has 0 spiro atoms. The summed E-state index contributed by atoms with van der Waals surface area (Å²) in [6.07, 6.45) is 4.72. The molecule has 0 saturated carbocycles. The van der Waals surface area contributed by atoms with E-state index in [1.165, 1.54) is 0 Å². The second-order valence-electron chi connectivity index (χ2n) is 6.71. The average molecular weight is 388 g/mol. The van der Waals surface area contributed by atoms with Crippen molar-refractivity contribution < 1.29 is 14.3 Å². The minimum atomic E-state index is 0.106. The summed E-state index contributed by atoms with van der Waals surface area (Å²) in [6.45, 7) is 4.23. The molecule has 142 valence electrons. The molecule has 1 aromatic carbocycles. The molecule has 0 radical (unpaired) electrons. The zero-order chi connectivity index (χ0) is 18.6. The number of fused-ring (bicyclic) bond motifs is 1. The number of halogens is 1. The Bertz CT molecular complexity index is 808. The van der Waals surface area contributed by atoms with E-state index in [1.54, 1.807) is 18.5 Å². The molecule has 0 bridgehead atoms. The summed E-state index contributed by atoms with van der Waals surface area (Å²) in [5.41, 5.74) is 2.00. The van der Waals surface area contributed by atoms with Gasteiger partial charge in [-0.15, -0.1) is 0 Å². The minimum absolute atomic E-state index is 0.106. The van der Waals surface area contributed by atoms with Gasteiger partial charge in [0.1, 0.15) is 0 Å². The largest absolute Gasteiger partial charge is 0.489 e. The SMILES string of the molecule is O=C(Cc1cc(Cl)c2c(c1)OCCCO2)N1CCN(c2ccncc2)CC1. The van der Waals surface area contributed by atoms with E-state index in [0.717, 1.165) is 30.8 Å². The van der Waals surface area contributed by atoms with Gasteiger partial charge in [-0.25, -0.2) is 0 Å². The summed E-state index contributed by atoms with van der Waals surface area (Å²) in [6, 6.07) is 7.67. The highest BCUT2D eigenvalue weighted by atomic mass is 35.5. The van der Waals surface area contributed by atoms with E-state index in [4.69, 9.17) is 21.1 Å². The first kappa shape index (κ1) is 17.9. The van der Waals surface area contributed by atoms with Gasteiger partial charge in [-0.05, 0) is 29.8 Å². The van der Waals surface area contributed by atoms with Crippen molar-refractivity contribution in [1.29, 1.82) is 0 Å². The molecule has 1 aromatic heterocycles. The highest BCUT2D eigenvalue weighted by Crippen LogP contribution is 2.38. The summed E-state index contributed by atoms with van der Waals surface area (Å²) >= 11 is 6.33. The lowest BCUT2D eigenvalue weighted by Crippen LogP contribution is -2.49. The summed E-state index contributed by atoms with van der Waals surface area (Å²) in [5.74, 6) is 1.32. The number of nitrogens with zero attached hydrogens (tertiary/aromatic N) is 3. The lowest BCUT2D eigenvalue weighted by molar-refractivity contribution is -0.130. The summed E-state index contributed by atoms with van der Waals surface area (Å²) in [5, 5.41) is 0.500. The molecule has 0 atom stereocenters. The molecular formula is C20H22ClN3O3. The van der Waals surface area contributed by atoms with E-state index in [1.807, 2.05) is 23.1 Å². The average Bonchev–Trinajstić information content (AvgIpc) is 2.95. The Kier molecular flexibility index (Phi) is 5.34. The molecule has 27 heavy (non-hydrogen) atoms. The first-order chi connectivity index (χ1) is 13.2. The van der Waals surface area contributed by atoms with Crippen molar-refractivity contribution in [3.63, 3.8) is 0 Å². The number of carbonyl (C=O) groups is 1. The van der Waals surface area contributed by atoms with Gasteiger partial charge < -0.3 is 19.3 Å². The van der Waals surface area contributed by atoms with Crippen LogP contribution in [-0.2, 0) is 11.2 Å². The number of carbonyl (C=O) groups excluding carboxylic acids is 1. The number of benzene rings is 1. The topological polar surface area (TPSA) is 54.9 Å². The summed E-state index contributed by atoms with van der Waals surface area (Å²) in [4.78, 5) is 21.0. The van der Waals surface area contributed by atoms with Crippen LogP contribution in [0.25, 0.3) is 0 Å². The van der Waals surface area contributed by atoms with Gasteiger partial charge in [0.2, 0.25) is 5.91 Å². The molecule has 0 N–H and O–H groups in total. The summed E-state index contributed by atoms with van der Waals surface area (Å²) in [7, 11) is 0. The van der Waals surface area contributed by atoms with E-state index in [0.29, 0.717) is 49.2 Å². The molecule has 6 nitrogen and oxygen atoms in total. The van der Waals surface area contributed by atoms with Crippen molar-refractivity contribution in [2.24, 2.45) is 0 Å². The predicted molar refractivity (Wildman–Crippen MR) is 104 cm³/mol. The van der Waals surface area contributed by atoms with Gasteiger partial charge in [0.25, 0.3) is 0 Å². The minimum Gasteiger partial charge on any atom is -0.489 e. The highest BCUT2D eigenvalue weighted by molar-refractivity contribution is 6.32. The normalized spacial score (nSPS) is 16.8. The van der Waals surface area contributed by atoms with E-state index < -0.39 is 0 Å². The molecule has 1 saturated heterocycles. The van der Waals surface area contributed by atoms with Crippen LogP contribution in [0.1, 0.15) is 12.0 Å². The zero-order valence-electron chi connectivity index (χ0n) is 15.1. The quantitative estimate of drug-likeness (QED) is 0.810. The second-order valence-corrected chi connectivity index (χ2v) is 7.11. The van der Waals surface area contributed by atoms with Gasteiger partial charge in [-0.2, -0.15) is 0 Å². The Labute approximate surface area is 163 Å². The van der Waals surface area contributed by atoms with Crippen molar-refractivity contribution in [2.45, 2.75) is 12.8 Å². The third-order valence-electron chi connectivity index (χ3n) is 4.88. The molecule has 1 amide bonds. The Morgan fingerprint density at radius 2 is 1.81 bits per heavy atom. The fourth-order valence-electron chi connectivity index (χ4n) is 3.44. The van der Waals surface area contributed by atoms with Crippen LogP contribution in [0.3, 0.4) is 0 Å². The zero-order valence-corrected chi connectivity index (χ0v) is 15.8. The molecule has 7 heteroatoms. The van der Waals surface area contributed by atoms with Gasteiger partial charge >= 0.3 is 0 Å². The molecule has 0 unspecified atom stereocenters. The standard InChI is InChI=1S/C20H22ClN3O3/c21-17-12-15(13-18-20(17)27-11-1-10-26-18)14-19(25)24-8-6-23(7-9-24)16-2-4-22-5-3-16/h2-5,12-13H,1,6-11,14H2. The van der Waals surface area contributed by atoms with Crippen molar-refractivity contribution in [1.82, 2.24) is 9.88 Å². The third kappa shape index (κ3) is 4.11. The number of amides is 1. The van der Waals surface area contributed by atoms with Crippen LogP contribution in [0.15, 0.2) is 36.7 Å². The third-order valence-corrected chi connectivity index (χ3v) is 5.16. The first-order valence-electron chi connectivity index (χ1n) is 9.21. The smallest absolute Gasteiger partial charge is 0.227 e. The van der Waals surface area contributed by atoms with Crippen LogP contribution in [-0.4, -0.2) is 55.2 Å². The van der Waals surface area contributed by atoms with Crippen LogP contribution in [0.2, 0.25) is 5.02 Å². The Hall–Kier alpha value is -2.47. The van der Waals surface area contributed by atoms with Gasteiger partial charge in [0.15, 0.2) is 11.5 Å². The number of anilines is 1. The number of ether oxygens (including phenoxy) is 2. The maximum Gasteiger partial charge on any atom is 0.227 e. The van der Waals surface area contributed by atoms with E-state index in [9.17, 15) is 4.79 Å². The van der Waals surface area contributed by atoms with E-state index >= 15 is 0 Å². The van der Waals surface area contributed by atoms with Crippen LogP contribution in [0, 0.1) is 0 Å².